The minimum atomic E-state index is -3.50. The molecule has 2 N–H and O–H groups in total. The van der Waals surface area contributed by atoms with E-state index < -0.39 is 15.9 Å². The van der Waals surface area contributed by atoms with Gasteiger partial charge in [-0.25, -0.2) is 13.4 Å². The molecule has 0 saturated heterocycles. The lowest BCUT2D eigenvalue weighted by Gasteiger charge is -2.12. The zero-order chi connectivity index (χ0) is 23.6. The first kappa shape index (κ1) is 22.4. The molecular weight excluding hydrogens is 466 g/mol. The fourth-order valence-electron chi connectivity index (χ4n) is 3.14. The second-order valence-corrected chi connectivity index (χ2v) is 9.61. The Morgan fingerprint density at radius 2 is 1.70 bits per heavy atom. The summed E-state index contributed by atoms with van der Waals surface area (Å²) >= 11 is 0.907. The van der Waals surface area contributed by atoms with Crippen molar-refractivity contribution in [3.63, 3.8) is 0 Å². The smallest absolute Gasteiger partial charge is 0.258 e. The van der Waals surface area contributed by atoms with Gasteiger partial charge in [-0.15, -0.1) is 10.2 Å². The SMILES string of the molecule is COc1ccc(-c2cc(C(=O)Nc3nnc(NS(C)(=O)=O)s3)c3ccccc3n2)cc1OC. The molecule has 0 spiro atoms. The first-order valence-electron chi connectivity index (χ1n) is 9.52. The van der Waals surface area contributed by atoms with Crippen LogP contribution in [0, 0.1) is 0 Å². The topological polar surface area (TPSA) is 132 Å². The Bertz CT molecular complexity index is 1450. The monoisotopic (exact) mass is 485 g/mol. The Kier molecular flexibility index (Phi) is 6.11. The third-order valence-corrected chi connectivity index (χ3v) is 6.01. The Labute approximate surface area is 193 Å². The zero-order valence-corrected chi connectivity index (χ0v) is 19.5. The lowest BCUT2D eigenvalue weighted by atomic mass is 10.0. The van der Waals surface area contributed by atoms with Gasteiger partial charge in [0.2, 0.25) is 20.3 Å². The third-order valence-electron chi connectivity index (χ3n) is 4.56. The maximum absolute atomic E-state index is 13.1. The molecule has 4 rings (SSSR count). The van der Waals surface area contributed by atoms with Crippen LogP contribution in [0.4, 0.5) is 10.3 Å². The van der Waals surface area contributed by atoms with Gasteiger partial charge in [0.1, 0.15) is 0 Å². The highest BCUT2D eigenvalue weighted by Gasteiger charge is 2.17. The highest BCUT2D eigenvalue weighted by molar-refractivity contribution is 7.92. The summed E-state index contributed by atoms with van der Waals surface area (Å²) in [5.41, 5.74) is 2.31. The van der Waals surface area contributed by atoms with Gasteiger partial charge in [0.05, 0.1) is 37.2 Å². The van der Waals surface area contributed by atoms with Crippen molar-refractivity contribution < 1.29 is 22.7 Å². The van der Waals surface area contributed by atoms with Crippen molar-refractivity contribution in [2.75, 3.05) is 30.5 Å². The van der Waals surface area contributed by atoms with Crippen LogP contribution in [0.25, 0.3) is 22.2 Å². The molecule has 0 atom stereocenters. The molecule has 10 nitrogen and oxygen atoms in total. The van der Waals surface area contributed by atoms with Crippen molar-refractivity contribution in [2.45, 2.75) is 0 Å². The number of nitrogens with zero attached hydrogens (tertiary/aromatic N) is 3. The Hall–Kier alpha value is -3.77. The predicted octanol–water partition coefficient (Wildman–Crippen LogP) is 3.39. The molecule has 0 unspecified atom stereocenters. The van der Waals surface area contributed by atoms with Crippen LogP contribution in [0.5, 0.6) is 11.5 Å². The average molecular weight is 486 g/mol. The van der Waals surface area contributed by atoms with Crippen molar-refractivity contribution >= 4 is 48.4 Å². The number of pyridine rings is 1. The Morgan fingerprint density at radius 1 is 0.970 bits per heavy atom. The molecule has 0 bridgehead atoms. The standard InChI is InChI=1S/C21H19N5O5S2/c1-30-17-9-8-12(10-18(17)31-2)16-11-14(13-6-4-5-7-15(13)22-16)19(27)23-20-24-25-21(32-20)26-33(3,28)29/h4-11H,1-3H3,(H,25,26)(H,23,24,27). The first-order valence-corrected chi connectivity index (χ1v) is 12.2. The fourth-order valence-corrected chi connectivity index (χ4v) is 4.61. The molecule has 0 fully saturated rings. The third kappa shape index (κ3) is 5.02. The number of rotatable bonds is 7. The van der Waals surface area contributed by atoms with Gasteiger partial charge in [0.25, 0.3) is 5.91 Å². The second kappa shape index (κ2) is 9.00. The van der Waals surface area contributed by atoms with E-state index in [0.29, 0.717) is 33.7 Å². The number of amides is 1. The molecule has 2 heterocycles. The van der Waals surface area contributed by atoms with Gasteiger partial charge in [-0.3, -0.25) is 14.8 Å². The summed E-state index contributed by atoms with van der Waals surface area (Å²) in [6.45, 7) is 0. The van der Waals surface area contributed by atoms with Crippen LogP contribution in [0.2, 0.25) is 0 Å². The van der Waals surface area contributed by atoms with Crippen LogP contribution >= 0.6 is 11.3 Å². The average Bonchev–Trinajstić information content (AvgIpc) is 3.22. The lowest BCUT2D eigenvalue weighted by molar-refractivity contribution is 0.102. The van der Waals surface area contributed by atoms with Crippen LogP contribution in [0.15, 0.2) is 48.5 Å². The van der Waals surface area contributed by atoms with Crippen LogP contribution in [0.1, 0.15) is 10.4 Å². The number of methoxy groups -OCH3 is 2. The number of aromatic nitrogens is 3. The van der Waals surface area contributed by atoms with Gasteiger partial charge in [0, 0.05) is 10.9 Å². The molecule has 1 amide bonds. The number of carbonyl (C=O) groups excluding carboxylic acids is 1. The molecule has 12 heteroatoms. The number of benzene rings is 2. The minimum Gasteiger partial charge on any atom is -0.493 e. The largest absolute Gasteiger partial charge is 0.493 e. The van der Waals surface area contributed by atoms with E-state index in [1.54, 1.807) is 38.5 Å². The van der Waals surface area contributed by atoms with Crippen LogP contribution in [-0.2, 0) is 10.0 Å². The maximum atomic E-state index is 13.1. The van der Waals surface area contributed by atoms with E-state index in [1.807, 2.05) is 24.3 Å². The van der Waals surface area contributed by atoms with Crippen LogP contribution < -0.4 is 19.5 Å². The molecular formula is C21H19N5O5S2. The summed E-state index contributed by atoms with van der Waals surface area (Å²) in [7, 11) is -0.404. The number of hydrogen-bond donors (Lipinski definition) is 2. The van der Waals surface area contributed by atoms with E-state index in [9.17, 15) is 13.2 Å². The molecule has 4 aromatic rings. The highest BCUT2D eigenvalue weighted by atomic mass is 32.2. The molecule has 33 heavy (non-hydrogen) atoms. The molecule has 2 aromatic heterocycles. The zero-order valence-electron chi connectivity index (χ0n) is 17.8. The van der Waals surface area contributed by atoms with Crippen molar-refractivity contribution in [1.29, 1.82) is 0 Å². The van der Waals surface area contributed by atoms with E-state index in [-0.39, 0.29) is 10.3 Å². The quantitative estimate of drug-likeness (QED) is 0.407. The van der Waals surface area contributed by atoms with E-state index in [4.69, 9.17) is 14.5 Å². The number of ether oxygens (including phenoxy) is 2. The van der Waals surface area contributed by atoms with Crippen molar-refractivity contribution in [3.05, 3.63) is 54.1 Å². The van der Waals surface area contributed by atoms with Crippen molar-refractivity contribution in [2.24, 2.45) is 0 Å². The highest BCUT2D eigenvalue weighted by Crippen LogP contribution is 2.33. The molecule has 0 aliphatic rings. The van der Waals surface area contributed by atoms with Gasteiger partial charge in [0.15, 0.2) is 11.5 Å². The summed E-state index contributed by atoms with van der Waals surface area (Å²) < 4.78 is 35.7. The Morgan fingerprint density at radius 3 is 2.42 bits per heavy atom. The first-order chi connectivity index (χ1) is 15.8. The molecule has 0 aliphatic heterocycles. The summed E-state index contributed by atoms with van der Waals surface area (Å²) in [6, 6.07) is 14.3. The summed E-state index contributed by atoms with van der Waals surface area (Å²) in [6.07, 6.45) is 1.01. The number of hydrogen-bond acceptors (Lipinski definition) is 9. The van der Waals surface area contributed by atoms with Crippen molar-refractivity contribution in [1.82, 2.24) is 15.2 Å². The summed E-state index contributed by atoms with van der Waals surface area (Å²) in [4.78, 5) is 17.8. The molecule has 170 valence electrons. The van der Waals surface area contributed by atoms with Crippen LogP contribution in [0.3, 0.4) is 0 Å². The Balaban J connectivity index is 1.72. The number of carbonyl (C=O) groups is 1. The number of para-hydroxylation sites is 1. The van der Waals surface area contributed by atoms with Gasteiger partial charge in [-0.05, 0) is 30.3 Å². The van der Waals surface area contributed by atoms with Gasteiger partial charge in [-0.1, -0.05) is 29.5 Å². The summed E-state index contributed by atoms with van der Waals surface area (Å²) in [5, 5.41) is 11.1. The molecule has 0 radical (unpaired) electrons. The number of anilines is 2. The van der Waals surface area contributed by atoms with Gasteiger partial charge in [-0.2, -0.15) is 0 Å². The minimum absolute atomic E-state index is 0.0541. The fraction of sp³-hybridized carbons (Fsp3) is 0.143. The number of sulfonamides is 1. The lowest BCUT2D eigenvalue weighted by Crippen LogP contribution is -2.13. The second-order valence-electron chi connectivity index (χ2n) is 6.88. The van der Waals surface area contributed by atoms with E-state index in [1.165, 1.54) is 0 Å². The van der Waals surface area contributed by atoms with Gasteiger partial charge >= 0.3 is 0 Å². The number of fused-ring (bicyclic) bond motifs is 1. The number of nitrogens with one attached hydrogen (secondary N) is 2. The molecule has 0 saturated carbocycles. The van der Waals surface area contributed by atoms with Crippen molar-refractivity contribution in [3.8, 4) is 22.8 Å². The van der Waals surface area contributed by atoms with E-state index in [2.05, 4.69) is 20.2 Å². The normalized spacial score (nSPS) is 11.2. The van der Waals surface area contributed by atoms with Gasteiger partial charge < -0.3 is 9.47 Å². The molecule has 2 aromatic carbocycles. The van der Waals surface area contributed by atoms with E-state index >= 15 is 0 Å². The van der Waals surface area contributed by atoms with Crippen LogP contribution in [-0.4, -0.2) is 50.0 Å². The molecule has 0 aliphatic carbocycles. The van der Waals surface area contributed by atoms with E-state index in [0.717, 1.165) is 23.2 Å². The predicted molar refractivity (Wildman–Crippen MR) is 127 cm³/mol. The maximum Gasteiger partial charge on any atom is 0.258 e. The summed E-state index contributed by atoms with van der Waals surface area (Å²) in [5.74, 6) is 0.683.